The van der Waals surface area contributed by atoms with Crippen LogP contribution >= 0.6 is 0 Å². The van der Waals surface area contributed by atoms with Gasteiger partial charge in [-0.3, -0.25) is 4.79 Å². The van der Waals surface area contributed by atoms with Gasteiger partial charge >= 0.3 is 5.97 Å². The lowest BCUT2D eigenvalue weighted by Gasteiger charge is -2.52. The third-order valence-electron chi connectivity index (χ3n) is 10.3. The average Bonchev–Trinajstić information content (AvgIpc) is 3.28. The number of aliphatic hydroxyl groups excluding tert-OH is 3. The molecule has 5 aliphatic carbocycles. The van der Waals surface area contributed by atoms with Gasteiger partial charge in [-0.2, -0.15) is 0 Å². The largest absolute Gasteiger partial charge is 0.454 e. The molecule has 0 saturated heterocycles. The minimum absolute atomic E-state index is 0.0518. The minimum atomic E-state index is -1.94. The highest BCUT2D eigenvalue weighted by atomic mass is 16.6. The predicted octanol–water partition coefficient (Wildman–Crippen LogP) is 2.74. The molecule has 3 saturated carbocycles. The Morgan fingerprint density at radius 3 is 2.48 bits per heavy atom. The summed E-state index contributed by atoms with van der Waals surface area (Å²) in [4.78, 5) is 13.1. The summed E-state index contributed by atoms with van der Waals surface area (Å²) in [5, 5.41) is 46.1. The highest BCUT2D eigenvalue weighted by Gasteiger charge is 2.76. The lowest BCUT2D eigenvalue weighted by atomic mass is 9.58. The summed E-state index contributed by atoms with van der Waals surface area (Å²) >= 11 is 0. The Balaban J connectivity index is 1.59. The van der Waals surface area contributed by atoms with Crippen molar-refractivity contribution in [3.05, 3.63) is 23.3 Å². The molecule has 9 unspecified atom stereocenters. The zero-order chi connectivity index (χ0) is 23.9. The second-order valence-corrected chi connectivity index (χ2v) is 12.2. The fraction of sp³-hybridized carbons (Fsp3) is 0.815. The first kappa shape index (κ1) is 23.5. The third-order valence-corrected chi connectivity index (χ3v) is 10.3. The molecule has 6 heteroatoms. The molecule has 6 nitrogen and oxygen atoms in total. The van der Waals surface area contributed by atoms with Gasteiger partial charge in [-0.15, -0.1) is 0 Å². The second-order valence-electron chi connectivity index (χ2n) is 12.2. The van der Waals surface area contributed by atoms with Gasteiger partial charge in [-0.25, -0.2) is 0 Å². The van der Waals surface area contributed by atoms with Crippen molar-refractivity contribution in [1.82, 2.24) is 0 Å². The van der Waals surface area contributed by atoms with E-state index in [1.807, 2.05) is 19.9 Å². The molecule has 3 fully saturated rings. The molecule has 1 spiro atoms. The summed E-state index contributed by atoms with van der Waals surface area (Å²) in [6.45, 7) is 7.86. The number of hydrogen-bond acceptors (Lipinski definition) is 6. The topological polar surface area (TPSA) is 107 Å². The van der Waals surface area contributed by atoms with Crippen LogP contribution in [0.4, 0.5) is 0 Å². The standard InChI is InChI=1S/C27H40O6/c1-14-12-26-15(2)10-19-20(25(19,3)4)18(22(26)30)11-17(13-28)21(29)27(26,32)23(14)33-24(31)16-8-6-5-7-9-16/h11-12,15-16,18-23,28-30,32H,5-10,13H2,1-4H3. The maximum atomic E-state index is 13.1. The molecule has 0 amide bonds. The van der Waals surface area contributed by atoms with E-state index in [4.69, 9.17) is 4.74 Å². The van der Waals surface area contributed by atoms with Gasteiger partial charge in [0.15, 0.2) is 6.10 Å². The zero-order valence-corrected chi connectivity index (χ0v) is 20.3. The molecular formula is C27H40O6. The summed E-state index contributed by atoms with van der Waals surface area (Å²) in [5.41, 5.74) is -2.09. The Kier molecular flexibility index (Phi) is 5.45. The van der Waals surface area contributed by atoms with Crippen molar-refractivity contribution in [2.75, 3.05) is 6.61 Å². The van der Waals surface area contributed by atoms with E-state index in [1.165, 1.54) is 0 Å². The molecule has 0 radical (unpaired) electrons. The molecule has 4 N–H and O–H groups in total. The average molecular weight is 461 g/mol. The van der Waals surface area contributed by atoms with Crippen molar-refractivity contribution in [2.24, 2.45) is 40.4 Å². The number of ether oxygens (including phenoxy) is 1. The number of carbonyl (C=O) groups is 1. The van der Waals surface area contributed by atoms with Crippen LogP contribution in [-0.2, 0) is 9.53 Å². The number of esters is 1. The fourth-order valence-corrected chi connectivity index (χ4v) is 8.45. The van der Waals surface area contributed by atoms with Crippen LogP contribution in [0.5, 0.6) is 0 Å². The van der Waals surface area contributed by atoms with Crippen LogP contribution in [0.2, 0.25) is 0 Å². The third kappa shape index (κ3) is 2.96. The molecule has 9 atom stereocenters. The lowest BCUT2D eigenvalue weighted by molar-refractivity contribution is -0.226. The van der Waals surface area contributed by atoms with Crippen molar-refractivity contribution in [2.45, 2.75) is 90.1 Å². The molecule has 2 bridgehead atoms. The van der Waals surface area contributed by atoms with E-state index in [0.717, 1.165) is 38.5 Å². The van der Waals surface area contributed by atoms with Crippen molar-refractivity contribution in [3.8, 4) is 0 Å². The van der Waals surface area contributed by atoms with Crippen molar-refractivity contribution >= 4 is 5.97 Å². The Morgan fingerprint density at radius 2 is 1.85 bits per heavy atom. The van der Waals surface area contributed by atoms with Crippen molar-refractivity contribution < 1.29 is 30.0 Å². The molecule has 0 aromatic heterocycles. The number of rotatable bonds is 3. The number of carbonyl (C=O) groups excluding carboxylic acids is 1. The molecule has 33 heavy (non-hydrogen) atoms. The molecule has 0 aromatic rings. The summed E-state index contributed by atoms with van der Waals surface area (Å²) in [6.07, 6.45) is 5.71. The van der Waals surface area contributed by atoms with Crippen LogP contribution in [0.1, 0.15) is 66.2 Å². The normalized spacial score (nSPS) is 48.5. The summed E-state index contributed by atoms with van der Waals surface area (Å²) < 4.78 is 6.02. The van der Waals surface area contributed by atoms with E-state index >= 15 is 0 Å². The fourth-order valence-electron chi connectivity index (χ4n) is 8.45. The zero-order valence-electron chi connectivity index (χ0n) is 20.3. The predicted molar refractivity (Wildman–Crippen MR) is 123 cm³/mol. The van der Waals surface area contributed by atoms with Crippen LogP contribution < -0.4 is 0 Å². The van der Waals surface area contributed by atoms with Gasteiger partial charge in [-0.05, 0) is 60.5 Å². The van der Waals surface area contributed by atoms with Crippen LogP contribution in [-0.4, -0.2) is 56.9 Å². The molecule has 0 heterocycles. The van der Waals surface area contributed by atoms with E-state index in [-0.39, 0.29) is 35.1 Å². The van der Waals surface area contributed by atoms with E-state index in [9.17, 15) is 25.2 Å². The van der Waals surface area contributed by atoms with Crippen molar-refractivity contribution in [3.63, 3.8) is 0 Å². The van der Waals surface area contributed by atoms with Gasteiger partial charge in [0.1, 0.15) is 11.7 Å². The molecule has 0 aromatic carbocycles. The molecule has 184 valence electrons. The Labute approximate surface area is 196 Å². The number of fused-ring (bicyclic) bond motifs is 3. The lowest BCUT2D eigenvalue weighted by Crippen LogP contribution is -2.67. The van der Waals surface area contributed by atoms with Gasteiger partial charge in [0, 0.05) is 5.92 Å². The maximum absolute atomic E-state index is 13.1. The Bertz CT molecular complexity index is 885. The van der Waals surface area contributed by atoms with E-state index in [2.05, 4.69) is 13.8 Å². The van der Waals surface area contributed by atoms with Crippen LogP contribution in [0.15, 0.2) is 23.3 Å². The summed E-state index contributed by atoms with van der Waals surface area (Å²) in [7, 11) is 0. The number of aliphatic hydroxyl groups is 4. The highest BCUT2D eigenvalue weighted by Crippen LogP contribution is 2.72. The van der Waals surface area contributed by atoms with E-state index in [0.29, 0.717) is 17.1 Å². The van der Waals surface area contributed by atoms with E-state index in [1.54, 1.807) is 6.08 Å². The monoisotopic (exact) mass is 460 g/mol. The Hall–Kier alpha value is -1.21. The first-order chi connectivity index (χ1) is 15.5. The van der Waals surface area contributed by atoms with Crippen LogP contribution in [0, 0.1) is 40.4 Å². The SMILES string of the molecule is CC1=CC23C(C)CC4C(C(C=C(CO)C(O)C2(O)C1OC(=O)C1CCCCC1)C3O)C4(C)C. The van der Waals surface area contributed by atoms with Gasteiger partial charge in [0.2, 0.25) is 0 Å². The van der Waals surface area contributed by atoms with Gasteiger partial charge < -0.3 is 25.2 Å². The van der Waals surface area contributed by atoms with Gasteiger partial charge in [0.25, 0.3) is 0 Å². The first-order valence-corrected chi connectivity index (χ1v) is 12.8. The minimum Gasteiger partial charge on any atom is -0.454 e. The first-order valence-electron chi connectivity index (χ1n) is 12.8. The van der Waals surface area contributed by atoms with Crippen LogP contribution in [0.3, 0.4) is 0 Å². The second kappa shape index (κ2) is 7.64. The summed E-state index contributed by atoms with van der Waals surface area (Å²) in [6, 6.07) is 0. The summed E-state index contributed by atoms with van der Waals surface area (Å²) in [5.74, 6) is -0.369. The molecule has 5 rings (SSSR count). The molecular weight excluding hydrogens is 420 g/mol. The maximum Gasteiger partial charge on any atom is 0.309 e. The Morgan fingerprint density at radius 1 is 1.18 bits per heavy atom. The quantitative estimate of drug-likeness (QED) is 0.381. The van der Waals surface area contributed by atoms with Crippen LogP contribution in [0.25, 0.3) is 0 Å². The van der Waals surface area contributed by atoms with Gasteiger partial charge in [-0.1, -0.05) is 52.2 Å². The van der Waals surface area contributed by atoms with E-state index < -0.39 is 35.9 Å². The highest BCUT2D eigenvalue weighted by molar-refractivity contribution is 5.73. The number of hydrogen-bond donors (Lipinski definition) is 4. The molecule has 0 aliphatic heterocycles. The van der Waals surface area contributed by atoms with Gasteiger partial charge in [0.05, 0.1) is 24.0 Å². The molecule has 5 aliphatic rings. The van der Waals surface area contributed by atoms with Crippen molar-refractivity contribution in [1.29, 1.82) is 0 Å². The smallest absolute Gasteiger partial charge is 0.309 e.